The number of aromatic nitrogens is 3. The van der Waals surface area contributed by atoms with Gasteiger partial charge in [-0.3, -0.25) is 4.57 Å². The SMILES string of the molecule is Cc1cc(C)c(-n2c3ccccc3c3c(NCCC4CCNCC4)nc(C)nc32)c(C)c1. The second-order valence-corrected chi connectivity index (χ2v) is 9.33. The normalized spacial score (nSPS) is 15.0. The van der Waals surface area contributed by atoms with E-state index in [1.807, 2.05) is 6.92 Å². The fourth-order valence-electron chi connectivity index (χ4n) is 5.41. The Bertz CT molecular complexity index is 1260. The first-order valence-corrected chi connectivity index (χ1v) is 11.8. The summed E-state index contributed by atoms with van der Waals surface area (Å²) >= 11 is 0. The van der Waals surface area contributed by atoms with Crippen LogP contribution in [-0.2, 0) is 0 Å². The lowest BCUT2D eigenvalue weighted by Crippen LogP contribution is -2.28. The van der Waals surface area contributed by atoms with Crippen molar-refractivity contribution in [3.63, 3.8) is 0 Å². The summed E-state index contributed by atoms with van der Waals surface area (Å²) in [6.45, 7) is 11.8. The maximum absolute atomic E-state index is 4.96. The predicted octanol–water partition coefficient (Wildman–Crippen LogP) is 5.61. The fraction of sp³-hybridized carbons (Fsp3) is 0.407. The number of hydrogen-bond donors (Lipinski definition) is 2. The van der Waals surface area contributed by atoms with E-state index in [9.17, 15) is 0 Å². The maximum atomic E-state index is 4.96. The summed E-state index contributed by atoms with van der Waals surface area (Å²) in [6.07, 6.45) is 3.72. The van der Waals surface area contributed by atoms with Gasteiger partial charge in [0.25, 0.3) is 0 Å². The predicted molar refractivity (Wildman–Crippen MR) is 134 cm³/mol. The number of benzene rings is 2. The van der Waals surface area contributed by atoms with E-state index in [0.717, 1.165) is 48.2 Å². The van der Waals surface area contributed by atoms with Gasteiger partial charge in [-0.1, -0.05) is 35.9 Å². The van der Waals surface area contributed by atoms with Crippen molar-refractivity contribution in [1.82, 2.24) is 19.9 Å². The van der Waals surface area contributed by atoms with Crippen LogP contribution in [0.4, 0.5) is 5.82 Å². The van der Waals surface area contributed by atoms with E-state index in [4.69, 9.17) is 9.97 Å². The molecule has 1 saturated heterocycles. The largest absolute Gasteiger partial charge is 0.369 e. The van der Waals surface area contributed by atoms with Crippen LogP contribution in [0.1, 0.15) is 41.8 Å². The van der Waals surface area contributed by atoms with Gasteiger partial charge in [0.05, 0.1) is 16.6 Å². The third kappa shape index (κ3) is 3.75. The van der Waals surface area contributed by atoms with Gasteiger partial charge < -0.3 is 10.6 Å². The Hall–Kier alpha value is -2.92. The third-order valence-corrected chi connectivity index (χ3v) is 6.79. The minimum Gasteiger partial charge on any atom is -0.369 e. The van der Waals surface area contributed by atoms with Crippen LogP contribution >= 0.6 is 0 Å². The molecule has 0 unspecified atom stereocenters. The lowest BCUT2D eigenvalue weighted by molar-refractivity contribution is 0.361. The van der Waals surface area contributed by atoms with Crippen molar-refractivity contribution in [3.05, 3.63) is 58.9 Å². The second kappa shape index (κ2) is 8.55. The summed E-state index contributed by atoms with van der Waals surface area (Å²) in [5.74, 6) is 2.55. The van der Waals surface area contributed by atoms with Crippen LogP contribution in [0.25, 0.3) is 27.6 Å². The van der Waals surface area contributed by atoms with Crippen molar-refractivity contribution in [2.24, 2.45) is 5.92 Å². The molecule has 0 atom stereocenters. The van der Waals surface area contributed by atoms with Crippen LogP contribution in [-0.4, -0.2) is 34.2 Å². The highest BCUT2D eigenvalue weighted by Gasteiger charge is 2.20. The molecule has 0 aliphatic carbocycles. The Balaban J connectivity index is 1.64. The summed E-state index contributed by atoms with van der Waals surface area (Å²) in [4.78, 5) is 9.81. The van der Waals surface area contributed by atoms with Gasteiger partial charge in [0.1, 0.15) is 11.6 Å². The fourth-order valence-corrected chi connectivity index (χ4v) is 5.41. The van der Waals surface area contributed by atoms with E-state index in [1.165, 1.54) is 52.5 Å². The van der Waals surface area contributed by atoms with E-state index in [0.29, 0.717) is 0 Å². The molecule has 2 N–H and O–H groups in total. The highest BCUT2D eigenvalue weighted by molar-refractivity contribution is 6.13. The van der Waals surface area contributed by atoms with Gasteiger partial charge >= 0.3 is 0 Å². The molecule has 0 radical (unpaired) electrons. The molecular weight excluding hydrogens is 394 g/mol. The molecule has 1 aliphatic rings. The van der Waals surface area contributed by atoms with Crippen molar-refractivity contribution in [3.8, 4) is 5.69 Å². The summed E-state index contributed by atoms with van der Waals surface area (Å²) in [7, 11) is 0. The lowest BCUT2D eigenvalue weighted by Gasteiger charge is -2.22. The lowest BCUT2D eigenvalue weighted by atomic mass is 9.95. The van der Waals surface area contributed by atoms with Gasteiger partial charge in [-0.15, -0.1) is 0 Å². The molecule has 0 spiro atoms. The zero-order valence-corrected chi connectivity index (χ0v) is 19.6. The molecule has 0 saturated carbocycles. The van der Waals surface area contributed by atoms with Crippen molar-refractivity contribution < 1.29 is 0 Å². The first kappa shape index (κ1) is 21.0. The van der Waals surface area contributed by atoms with Gasteiger partial charge in [0.2, 0.25) is 0 Å². The summed E-state index contributed by atoms with van der Waals surface area (Å²) in [5, 5.41) is 9.47. The first-order valence-electron chi connectivity index (χ1n) is 11.8. The standard InChI is InChI=1S/C27H33N5/c1-17-15-18(2)25(19(3)16-17)32-23-8-6-5-7-22(23)24-26(30-20(4)31-27(24)32)29-14-11-21-9-12-28-13-10-21/h5-8,15-16,21,28H,9-14H2,1-4H3,(H,29,30,31). The second-order valence-electron chi connectivity index (χ2n) is 9.33. The molecule has 2 aromatic carbocycles. The zero-order chi connectivity index (χ0) is 22.2. The van der Waals surface area contributed by atoms with Crippen LogP contribution in [0.2, 0.25) is 0 Å². The molecule has 5 nitrogen and oxygen atoms in total. The molecule has 32 heavy (non-hydrogen) atoms. The Morgan fingerprint density at radius 1 is 1.00 bits per heavy atom. The molecular formula is C27H33N5. The highest BCUT2D eigenvalue weighted by atomic mass is 15.1. The van der Waals surface area contributed by atoms with Crippen molar-refractivity contribution in [2.75, 3.05) is 25.0 Å². The van der Waals surface area contributed by atoms with Crippen LogP contribution in [0.5, 0.6) is 0 Å². The molecule has 2 aromatic heterocycles. The quantitative estimate of drug-likeness (QED) is 0.435. The Kier molecular flexibility index (Phi) is 5.60. The Labute approximate surface area is 190 Å². The van der Waals surface area contributed by atoms with Crippen molar-refractivity contribution in [1.29, 1.82) is 0 Å². The van der Waals surface area contributed by atoms with Crippen LogP contribution in [0, 0.1) is 33.6 Å². The minimum absolute atomic E-state index is 0.793. The summed E-state index contributed by atoms with van der Waals surface area (Å²) < 4.78 is 2.33. The highest BCUT2D eigenvalue weighted by Crippen LogP contribution is 2.36. The number of fused-ring (bicyclic) bond motifs is 3. The van der Waals surface area contributed by atoms with E-state index in [-0.39, 0.29) is 0 Å². The first-order chi connectivity index (χ1) is 15.5. The van der Waals surface area contributed by atoms with E-state index in [1.54, 1.807) is 0 Å². The molecule has 3 heterocycles. The maximum Gasteiger partial charge on any atom is 0.151 e. The van der Waals surface area contributed by atoms with E-state index < -0.39 is 0 Å². The molecule has 1 aliphatic heterocycles. The topological polar surface area (TPSA) is 54.8 Å². The average Bonchev–Trinajstić information content (AvgIpc) is 3.08. The molecule has 5 rings (SSSR count). The van der Waals surface area contributed by atoms with Crippen molar-refractivity contribution >= 4 is 27.8 Å². The molecule has 4 aromatic rings. The number of hydrogen-bond acceptors (Lipinski definition) is 4. The number of aryl methyl sites for hydroxylation is 4. The number of nitrogens with zero attached hydrogens (tertiary/aromatic N) is 3. The third-order valence-electron chi connectivity index (χ3n) is 6.79. The molecule has 0 amide bonds. The smallest absolute Gasteiger partial charge is 0.151 e. The number of nitrogens with one attached hydrogen (secondary N) is 2. The molecule has 5 heteroatoms. The number of piperidine rings is 1. The number of rotatable bonds is 5. The van der Waals surface area contributed by atoms with Gasteiger partial charge in [-0.2, -0.15) is 0 Å². The van der Waals surface area contributed by atoms with Crippen molar-refractivity contribution in [2.45, 2.75) is 47.0 Å². The van der Waals surface area contributed by atoms with Crippen LogP contribution in [0.3, 0.4) is 0 Å². The summed E-state index contributed by atoms with van der Waals surface area (Å²) in [5.41, 5.74) is 7.21. The molecule has 1 fully saturated rings. The van der Waals surface area contributed by atoms with Gasteiger partial charge in [0.15, 0.2) is 5.65 Å². The molecule has 0 bridgehead atoms. The van der Waals surface area contributed by atoms with Gasteiger partial charge in [0, 0.05) is 11.9 Å². The van der Waals surface area contributed by atoms with Crippen LogP contribution in [0.15, 0.2) is 36.4 Å². The molecule has 166 valence electrons. The Morgan fingerprint density at radius 3 is 2.47 bits per heavy atom. The Morgan fingerprint density at radius 2 is 1.72 bits per heavy atom. The van der Waals surface area contributed by atoms with E-state index in [2.05, 4.69) is 72.4 Å². The van der Waals surface area contributed by atoms with Crippen LogP contribution < -0.4 is 10.6 Å². The summed E-state index contributed by atoms with van der Waals surface area (Å²) in [6, 6.07) is 13.1. The zero-order valence-electron chi connectivity index (χ0n) is 19.6. The minimum atomic E-state index is 0.793. The number of anilines is 1. The van der Waals surface area contributed by atoms with Gasteiger partial charge in [-0.25, -0.2) is 9.97 Å². The van der Waals surface area contributed by atoms with Gasteiger partial charge in [-0.05, 0) is 83.2 Å². The number of para-hydroxylation sites is 1. The monoisotopic (exact) mass is 427 g/mol. The average molecular weight is 428 g/mol. The van der Waals surface area contributed by atoms with E-state index >= 15 is 0 Å².